The molecule has 0 aliphatic rings. The Kier molecular flexibility index (Phi) is 4.22. The van der Waals surface area contributed by atoms with E-state index in [0.29, 0.717) is 27.9 Å². The first-order valence-corrected chi connectivity index (χ1v) is 14.4. The van der Waals surface area contributed by atoms with Gasteiger partial charge in [-0.15, -0.1) is 0 Å². The van der Waals surface area contributed by atoms with E-state index in [9.17, 15) is 5.26 Å². The van der Waals surface area contributed by atoms with Gasteiger partial charge in [-0.25, -0.2) is 4.98 Å². The molecule has 0 bridgehead atoms. The number of furan rings is 1. The standard InChI is InChI=1S/C40H23N5O/c41-24-28-9-1-2-10-29(28)25-17-19-26(20-18-25)38-42-39(27-21-22-33-32-13-5-8-16-36(32)46-37(33)23-27)44-40(43-38)45-34-14-6-3-11-30(34)31-12-4-7-15-35(31)45/h1-23H/i3D,4D,6D,7D,11D,12D,14D,15D. The Morgan fingerprint density at radius 2 is 1.20 bits per heavy atom. The van der Waals surface area contributed by atoms with Gasteiger partial charge in [-0.1, -0.05) is 103 Å². The van der Waals surface area contributed by atoms with Crippen molar-refractivity contribution >= 4 is 43.7 Å². The lowest BCUT2D eigenvalue weighted by Crippen LogP contribution is -2.06. The third-order valence-corrected chi connectivity index (χ3v) is 7.99. The Hall–Kier alpha value is -6.58. The number of hydrogen-bond donors (Lipinski definition) is 0. The fourth-order valence-corrected chi connectivity index (χ4v) is 5.84. The molecule has 9 rings (SSSR count). The van der Waals surface area contributed by atoms with Crippen LogP contribution < -0.4 is 0 Å². The first-order chi connectivity index (χ1) is 26.1. The first-order valence-electron chi connectivity index (χ1n) is 18.4. The van der Waals surface area contributed by atoms with Gasteiger partial charge in [0.1, 0.15) is 11.2 Å². The molecule has 3 aromatic heterocycles. The third kappa shape index (κ3) is 4.07. The van der Waals surface area contributed by atoms with E-state index in [1.165, 1.54) is 4.57 Å². The van der Waals surface area contributed by atoms with Crippen molar-refractivity contribution in [1.29, 1.82) is 5.26 Å². The molecule has 0 amide bonds. The van der Waals surface area contributed by atoms with Crippen molar-refractivity contribution in [2.45, 2.75) is 0 Å². The molecule has 0 aliphatic carbocycles. The van der Waals surface area contributed by atoms with Gasteiger partial charge >= 0.3 is 0 Å². The molecule has 214 valence electrons. The van der Waals surface area contributed by atoms with Gasteiger partial charge in [0.2, 0.25) is 5.95 Å². The second-order valence-electron chi connectivity index (χ2n) is 10.6. The Bertz CT molecular complexity index is 3040. The molecular formula is C40H23N5O. The zero-order chi connectivity index (χ0) is 37.6. The van der Waals surface area contributed by atoms with Gasteiger partial charge in [0.15, 0.2) is 11.6 Å². The number of nitriles is 1. The van der Waals surface area contributed by atoms with Crippen LogP contribution in [0.1, 0.15) is 16.5 Å². The van der Waals surface area contributed by atoms with Gasteiger partial charge < -0.3 is 4.42 Å². The molecule has 0 atom stereocenters. The molecule has 0 unspecified atom stereocenters. The molecule has 3 heterocycles. The molecule has 6 aromatic carbocycles. The van der Waals surface area contributed by atoms with Crippen LogP contribution in [-0.2, 0) is 0 Å². The van der Waals surface area contributed by atoms with Crippen LogP contribution in [0.25, 0.3) is 83.6 Å². The Balaban J connectivity index is 1.36. The highest BCUT2D eigenvalue weighted by Gasteiger charge is 2.18. The summed E-state index contributed by atoms with van der Waals surface area (Å²) in [6.45, 7) is 0. The molecule has 0 N–H and O–H groups in total. The topological polar surface area (TPSA) is 80.5 Å². The fraction of sp³-hybridized carbons (Fsp3) is 0. The lowest BCUT2D eigenvalue weighted by atomic mass is 9.99. The van der Waals surface area contributed by atoms with Crippen molar-refractivity contribution < 1.29 is 15.4 Å². The molecule has 6 nitrogen and oxygen atoms in total. The van der Waals surface area contributed by atoms with Crippen LogP contribution >= 0.6 is 0 Å². The van der Waals surface area contributed by atoms with Crippen LogP contribution in [0.2, 0.25) is 0 Å². The van der Waals surface area contributed by atoms with Crippen molar-refractivity contribution in [2.75, 3.05) is 0 Å². The largest absolute Gasteiger partial charge is 0.456 e. The summed E-state index contributed by atoms with van der Waals surface area (Å²) >= 11 is 0. The van der Waals surface area contributed by atoms with Crippen LogP contribution in [-0.4, -0.2) is 19.5 Å². The number of fused-ring (bicyclic) bond motifs is 6. The van der Waals surface area contributed by atoms with Crippen LogP contribution in [0.5, 0.6) is 0 Å². The van der Waals surface area contributed by atoms with E-state index in [-0.39, 0.29) is 39.4 Å². The van der Waals surface area contributed by atoms with Gasteiger partial charge in [0.25, 0.3) is 0 Å². The minimum absolute atomic E-state index is 0.0873. The zero-order valence-corrected chi connectivity index (χ0v) is 23.8. The highest BCUT2D eigenvalue weighted by molar-refractivity contribution is 6.09. The average molecular weight is 598 g/mol. The lowest BCUT2D eigenvalue weighted by molar-refractivity contribution is 0.669. The molecule has 6 heteroatoms. The van der Waals surface area contributed by atoms with Crippen molar-refractivity contribution in [1.82, 2.24) is 19.5 Å². The number of benzene rings is 6. The molecule has 9 aromatic rings. The summed E-state index contributed by atoms with van der Waals surface area (Å²) in [6, 6.07) is 25.8. The molecular weight excluding hydrogens is 566 g/mol. The number of hydrogen-bond acceptors (Lipinski definition) is 5. The van der Waals surface area contributed by atoms with E-state index in [1.54, 1.807) is 30.3 Å². The summed E-state index contributed by atoms with van der Waals surface area (Å²) in [4.78, 5) is 14.5. The average Bonchev–Trinajstić information content (AvgIpc) is 3.77. The Morgan fingerprint density at radius 1 is 0.587 bits per heavy atom. The lowest BCUT2D eigenvalue weighted by Gasteiger charge is -2.11. The smallest absolute Gasteiger partial charge is 0.238 e. The summed E-state index contributed by atoms with van der Waals surface area (Å²) in [5.41, 5.74) is 4.20. The van der Waals surface area contributed by atoms with E-state index in [4.69, 9.17) is 30.3 Å². The normalized spacial score (nSPS) is 13.9. The van der Waals surface area contributed by atoms with E-state index in [0.717, 1.165) is 21.9 Å². The van der Waals surface area contributed by atoms with E-state index in [1.807, 2.05) is 60.7 Å². The molecule has 0 fully saturated rings. The minimum atomic E-state index is -0.551. The monoisotopic (exact) mass is 597 g/mol. The third-order valence-electron chi connectivity index (χ3n) is 7.99. The van der Waals surface area contributed by atoms with Gasteiger partial charge in [-0.3, -0.25) is 4.57 Å². The quantitative estimate of drug-likeness (QED) is 0.202. The van der Waals surface area contributed by atoms with Gasteiger partial charge in [0.05, 0.1) is 33.6 Å². The second-order valence-corrected chi connectivity index (χ2v) is 10.6. The predicted molar refractivity (Wildman–Crippen MR) is 182 cm³/mol. The Morgan fingerprint density at radius 3 is 1.96 bits per heavy atom. The molecule has 0 saturated carbocycles. The van der Waals surface area contributed by atoms with Crippen LogP contribution in [0.15, 0.2) is 144 Å². The van der Waals surface area contributed by atoms with E-state index in [2.05, 4.69) is 6.07 Å². The fourth-order valence-electron chi connectivity index (χ4n) is 5.84. The van der Waals surface area contributed by atoms with Gasteiger partial charge in [-0.2, -0.15) is 15.2 Å². The molecule has 0 saturated heterocycles. The van der Waals surface area contributed by atoms with Crippen LogP contribution in [0.4, 0.5) is 0 Å². The number of aromatic nitrogens is 4. The predicted octanol–water partition coefficient (Wildman–Crippen LogP) is 9.74. The maximum Gasteiger partial charge on any atom is 0.238 e. The van der Waals surface area contributed by atoms with Crippen molar-refractivity contribution in [3.8, 4) is 45.9 Å². The summed E-state index contributed by atoms with van der Waals surface area (Å²) in [5.74, 6) is 0.220. The van der Waals surface area contributed by atoms with Crippen molar-refractivity contribution in [2.24, 2.45) is 0 Å². The van der Waals surface area contributed by atoms with E-state index >= 15 is 0 Å². The summed E-state index contributed by atoms with van der Waals surface area (Å²) in [7, 11) is 0. The van der Waals surface area contributed by atoms with Gasteiger partial charge in [-0.05, 0) is 47.5 Å². The van der Waals surface area contributed by atoms with Crippen LogP contribution in [0.3, 0.4) is 0 Å². The number of para-hydroxylation sites is 3. The number of nitrogens with zero attached hydrogens (tertiary/aromatic N) is 5. The molecule has 46 heavy (non-hydrogen) atoms. The van der Waals surface area contributed by atoms with Crippen LogP contribution in [0, 0.1) is 11.3 Å². The minimum Gasteiger partial charge on any atom is -0.456 e. The van der Waals surface area contributed by atoms with Gasteiger partial charge in [0, 0.05) is 32.7 Å². The second kappa shape index (κ2) is 10.3. The summed E-state index contributed by atoms with van der Waals surface area (Å²) < 4.78 is 76.9. The summed E-state index contributed by atoms with van der Waals surface area (Å²) in [5, 5.41) is 11.3. The maximum atomic E-state index is 9.69. The molecule has 0 aliphatic heterocycles. The Labute approximate surface area is 274 Å². The SMILES string of the molecule is [2H]c1c([2H])c([2H])c2c(c1[2H])c1c([2H])c([2H])c([2H])c([2H])c1n2-c1nc(-c2ccc(-c3ccccc3C#N)cc2)nc(-c2ccc3c(c2)oc2ccccc23)n1. The van der Waals surface area contributed by atoms with Crippen molar-refractivity contribution in [3.63, 3.8) is 0 Å². The number of rotatable bonds is 4. The van der Waals surface area contributed by atoms with Crippen molar-refractivity contribution in [3.05, 3.63) is 145 Å². The first kappa shape index (κ1) is 18.9. The highest BCUT2D eigenvalue weighted by Crippen LogP contribution is 2.35. The molecule has 0 radical (unpaired) electrons. The summed E-state index contributed by atoms with van der Waals surface area (Å²) in [6.07, 6.45) is 0. The zero-order valence-electron chi connectivity index (χ0n) is 31.8. The van der Waals surface area contributed by atoms with E-state index < -0.39 is 48.3 Å². The molecule has 0 spiro atoms. The highest BCUT2D eigenvalue weighted by atomic mass is 16.3. The maximum absolute atomic E-state index is 9.69.